The predicted molar refractivity (Wildman–Crippen MR) is 168 cm³/mol. The van der Waals surface area contributed by atoms with E-state index in [0.717, 1.165) is 53.1 Å². The minimum atomic E-state index is 0. The Hall–Kier alpha value is -2.15. The van der Waals surface area contributed by atoms with Gasteiger partial charge in [0, 0.05) is 4.47 Å². The van der Waals surface area contributed by atoms with Gasteiger partial charge in [0.2, 0.25) is 0 Å². The molecule has 2 aromatic heterocycles. The molecule has 5 aromatic rings. The number of para-hydroxylation sites is 2. The molecule has 0 aliphatic rings. The van der Waals surface area contributed by atoms with E-state index in [2.05, 4.69) is 101 Å². The Morgan fingerprint density at radius 3 is 1.33 bits per heavy atom. The topological polar surface area (TPSA) is 56.4 Å². The van der Waals surface area contributed by atoms with Crippen molar-refractivity contribution in [3.8, 4) is 0 Å². The Labute approximate surface area is 257 Å². The van der Waals surface area contributed by atoms with E-state index in [1.54, 1.807) is 0 Å². The van der Waals surface area contributed by atoms with Crippen LogP contribution in [0.2, 0.25) is 0 Å². The summed E-state index contributed by atoms with van der Waals surface area (Å²) < 4.78 is 1.07. The number of hydrogen-bond donors (Lipinski definition) is 0. The number of benzene rings is 3. The molecule has 0 bridgehead atoms. The number of rotatable bonds is 7. The van der Waals surface area contributed by atoms with Crippen LogP contribution in [0.5, 0.6) is 0 Å². The van der Waals surface area contributed by atoms with Crippen LogP contribution in [0.1, 0.15) is 61.7 Å². The van der Waals surface area contributed by atoms with Crippen molar-refractivity contribution in [2.24, 2.45) is 0 Å². The molecular formula is C33H39BrN4Ti. The fraction of sp³-hybridized carbons (Fsp3) is 0.333. The maximum absolute atomic E-state index is 5.05. The van der Waals surface area contributed by atoms with E-state index in [0.29, 0.717) is 0 Å². The van der Waals surface area contributed by atoms with Crippen LogP contribution in [0.4, 0.5) is 0 Å². The van der Waals surface area contributed by atoms with Crippen molar-refractivity contribution < 1.29 is 21.7 Å². The van der Waals surface area contributed by atoms with Crippen molar-refractivity contribution in [1.82, 2.24) is 9.97 Å². The van der Waals surface area contributed by atoms with Crippen LogP contribution in [0.15, 0.2) is 77.3 Å². The van der Waals surface area contributed by atoms with Gasteiger partial charge in [0.05, 0.1) is 0 Å². The van der Waals surface area contributed by atoms with Crippen molar-refractivity contribution in [2.75, 3.05) is 26.2 Å². The minimum absolute atomic E-state index is 0. The van der Waals surface area contributed by atoms with Gasteiger partial charge in [0.25, 0.3) is 0 Å². The largest absolute Gasteiger partial charge is 4.00 e. The summed E-state index contributed by atoms with van der Waals surface area (Å²) in [5, 5.41) is 10.4. The molecule has 2 heterocycles. The predicted octanol–water partition coefficient (Wildman–Crippen LogP) is 9.26. The van der Waals surface area contributed by atoms with Gasteiger partial charge in [-0.3, -0.25) is 0 Å². The first-order valence-corrected chi connectivity index (χ1v) is 14.3. The monoisotopic (exact) mass is 618 g/mol. The molecule has 4 nitrogen and oxygen atoms in total. The zero-order valence-electron chi connectivity index (χ0n) is 24.0. The number of nitrogens with zero attached hydrogens (tertiary/aromatic N) is 4. The average molecular weight is 619 g/mol. The molecule has 0 aliphatic heterocycles. The summed E-state index contributed by atoms with van der Waals surface area (Å²) in [5.41, 5.74) is 7.95. The van der Waals surface area contributed by atoms with Crippen molar-refractivity contribution in [1.29, 1.82) is 0 Å². The third-order valence-electron chi connectivity index (χ3n) is 6.51. The van der Waals surface area contributed by atoms with Gasteiger partial charge >= 0.3 is 21.7 Å². The van der Waals surface area contributed by atoms with Crippen LogP contribution in [0.25, 0.3) is 32.4 Å². The standard InChI is InChI=1S/C25H19BrN2.2C4H10N.Ti/c1-15-19-7-3-5-9-21(19)27-24(15)23(17-11-13-18(26)14-12-17)25-16(2)20-8-4-6-10-22(20)28-25;2*1-3-5-4-2;/h3-14,23H,1-2H3;2*3-4H2,1-2H3;/q-2;2*-1;+4. The third-order valence-corrected chi connectivity index (χ3v) is 7.04. The van der Waals surface area contributed by atoms with Crippen LogP contribution in [-0.4, -0.2) is 26.2 Å². The van der Waals surface area contributed by atoms with Crippen LogP contribution >= 0.6 is 15.9 Å². The Balaban J connectivity index is 0.000000419. The number of halogens is 1. The van der Waals surface area contributed by atoms with Crippen LogP contribution in [-0.2, 0) is 21.7 Å². The zero-order chi connectivity index (χ0) is 27.5. The van der Waals surface area contributed by atoms with Gasteiger partial charge in [-0.2, -0.15) is 26.2 Å². The first kappa shape index (κ1) is 33.1. The smallest absolute Gasteiger partial charge is 0.663 e. The minimum Gasteiger partial charge on any atom is -0.663 e. The molecule has 5 rings (SSSR count). The molecule has 0 unspecified atom stereocenters. The van der Waals surface area contributed by atoms with Gasteiger partial charge in [-0.05, 0) is 48.2 Å². The molecule has 202 valence electrons. The molecule has 0 radical (unpaired) electrons. The van der Waals surface area contributed by atoms with Gasteiger partial charge in [0.15, 0.2) is 0 Å². The second-order valence-electron chi connectivity index (χ2n) is 8.98. The van der Waals surface area contributed by atoms with E-state index in [4.69, 9.17) is 9.97 Å². The third kappa shape index (κ3) is 8.42. The molecular weight excluding hydrogens is 580 g/mol. The van der Waals surface area contributed by atoms with Gasteiger partial charge in [-0.15, -0.1) is 22.4 Å². The van der Waals surface area contributed by atoms with E-state index >= 15 is 0 Å². The van der Waals surface area contributed by atoms with E-state index in [1.807, 2.05) is 39.8 Å². The summed E-state index contributed by atoms with van der Waals surface area (Å²) >= 11 is 3.56. The number of hydrogen-bond acceptors (Lipinski definition) is 0. The maximum atomic E-state index is 5.05. The fourth-order valence-electron chi connectivity index (χ4n) is 4.59. The number of aryl methyl sites for hydroxylation is 2. The van der Waals surface area contributed by atoms with E-state index in [9.17, 15) is 0 Å². The quantitative estimate of drug-likeness (QED) is 0.171. The molecule has 0 amide bonds. The zero-order valence-corrected chi connectivity index (χ0v) is 27.1. The Bertz CT molecular complexity index is 1310. The van der Waals surface area contributed by atoms with Gasteiger partial charge in [-0.1, -0.05) is 115 Å². The summed E-state index contributed by atoms with van der Waals surface area (Å²) in [6.45, 7) is 16.4. The molecule has 0 atom stereocenters. The maximum Gasteiger partial charge on any atom is 4.00 e. The number of aromatic nitrogens is 2. The fourth-order valence-corrected chi connectivity index (χ4v) is 4.85. The Kier molecular flexibility index (Phi) is 14.3. The van der Waals surface area contributed by atoms with Crippen molar-refractivity contribution >= 4 is 37.7 Å². The summed E-state index contributed by atoms with van der Waals surface area (Å²) in [7, 11) is 0. The molecule has 3 aromatic carbocycles. The van der Waals surface area contributed by atoms with Crippen LogP contribution in [0, 0.1) is 13.8 Å². The normalized spacial score (nSPS) is 10.6. The average Bonchev–Trinajstić information content (AvgIpc) is 3.44. The van der Waals surface area contributed by atoms with Crippen molar-refractivity contribution in [3.05, 3.63) is 116 Å². The molecule has 6 heteroatoms. The molecule has 0 saturated heterocycles. The SMILES string of the molecule is CC[N-]CC.CC[N-]CC.Cc1c(C(c2ccc(Br)cc2)c2[n-]c3ccccc3c2C)[n-]c2ccccc12.[Ti+4]. The van der Waals surface area contributed by atoms with Crippen molar-refractivity contribution in [2.45, 2.75) is 47.5 Å². The second kappa shape index (κ2) is 16.8. The van der Waals surface area contributed by atoms with Crippen molar-refractivity contribution in [3.63, 3.8) is 0 Å². The summed E-state index contributed by atoms with van der Waals surface area (Å²) in [6.07, 6.45) is 0. The van der Waals surface area contributed by atoms with Gasteiger partial charge in [-0.25, -0.2) is 0 Å². The number of fused-ring (bicyclic) bond motifs is 2. The Morgan fingerprint density at radius 2 is 1.00 bits per heavy atom. The summed E-state index contributed by atoms with van der Waals surface area (Å²) in [6, 6.07) is 25.3. The van der Waals surface area contributed by atoms with E-state index in [1.165, 1.54) is 27.5 Å². The molecule has 39 heavy (non-hydrogen) atoms. The first-order chi connectivity index (χ1) is 18.5. The van der Waals surface area contributed by atoms with Gasteiger partial charge in [0.1, 0.15) is 0 Å². The first-order valence-electron chi connectivity index (χ1n) is 13.5. The molecule has 0 spiro atoms. The van der Waals surface area contributed by atoms with E-state index < -0.39 is 0 Å². The molecule has 0 aliphatic carbocycles. The molecule has 0 saturated carbocycles. The van der Waals surface area contributed by atoms with Gasteiger partial charge < -0.3 is 20.6 Å². The van der Waals surface area contributed by atoms with Crippen LogP contribution in [0.3, 0.4) is 0 Å². The summed E-state index contributed by atoms with van der Waals surface area (Å²) in [5.74, 6) is 0.00731. The Morgan fingerprint density at radius 1 is 0.615 bits per heavy atom. The summed E-state index contributed by atoms with van der Waals surface area (Å²) in [4.78, 5) is 10.1. The van der Waals surface area contributed by atoms with E-state index in [-0.39, 0.29) is 27.6 Å². The second-order valence-corrected chi connectivity index (χ2v) is 9.89. The molecule has 0 fully saturated rings. The molecule has 0 N–H and O–H groups in total. The van der Waals surface area contributed by atoms with Crippen LogP contribution < -0.4 is 9.97 Å².